The molecular formula is C9H18N4O2S. The van der Waals surface area contributed by atoms with Gasteiger partial charge < -0.3 is 5.73 Å². The van der Waals surface area contributed by atoms with E-state index in [-0.39, 0.29) is 10.9 Å². The van der Waals surface area contributed by atoms with Crippen LogP contribution in [0.3, 0.4) is 0 Å². The fraction of sp³-hybridized carbons (Fsp3) is 0.667. The van der Waals surface area contributed by atoms with Gasteiger partial charge in [0.2, 0.25) is 10.0 Å². The van der Waals surface area contributed by atoms with Crippen LogP contribution in [-0.2, 0) is 10.0 Å². The quantitative estimate of drug-likeness (QED) is 0.747. The Morgan fingerprint density at radius 2 is 2.25 bits per heavy atom. The smallest absolute Gasteiger partial charge is 0.246 e. The Morgan fingerprint density at radius 3 is 2.69 bits per heavy atom. The van der Waals surface area contributed by atoms with Crippen molar-refractivity contribution in [2.75, 3.05) is 13.1 Å². The van der Waals surface area contributed by atoms with Crippen molar-refractivity contribution in [3.63, 3.8) is 0 Å². The zero-order valence-corrected chi connectivity index (χ0v) is 10.4. The largest absolute Gasteiger partial charge is 0.330 e. The van der Waals surface area contributed by atoms with Crippen LogP contribution >= 0.6 is 0 Å². The molecule has 6 nitrogen and oxygen atoms in total. The SMILES string of the molecule is CC(C)N(CCCN)S(=O)(=O)c1cn[nH]c1. The molecule has 0 aliphatic carbocycles. The predicted molar refractivity (Wildman–Crippen MR) is 61.3 cm³/mol. The monoisotopic (exact) mass is 246 g/mol. The molecule has 1 heterocycles. The number of nitrogens with zero attached hydrogens (tertiary/aromatic N) is 2. The lowest BCUT2D eigenvalue weighted by molar-refractivity contribution is 0.351. The first kappa shape index (κ1) is 13.1. The van der Waals surface area contributed by atoms with Crippen LogP contribution in [0.2, 0.25) is 0 Å². The van der Waals surface area contributed by atoms with Gasteiger partial charge in [-0.1, -0.05) is 0 Å². The average molecular weight is 246 g/mol. The fourth-order valence-corrected chi connectivity index (χ4v) is 3.00. The molecule has 1 aromatic heterocycles. The number of aromatic nitrogens is 2. The van der Waals surface area contributed by atoms with Crippen LogP contribution in [-0.4, -0.2) is 42.1 Å². The van der Waals surface area contributed by atoms with Gasteiger partial charge in [-0.2, -0.15) is 9.40 Å². The summed E-state index contributed by atoms with van der Waals surface area (Å²) >= 11 is 0. The van der Waals surface area contributed by atoms with Gasteiger partial charge in [-0.25, -0.2) is 8.42 Å². The first-order valence-corrected chi connectivity index (χ1v) is 6.65. The van der Waals surface area contributed by atoms with Crippen LogP contribution in [0.4, 0.5) is 0 Å². The molecule has 1 rings (SSSR count). The van der Waals surface area contributed by atoms with Crippen molar-refractivity contribution >= 4 is 10.0 Å². The van der Waals surface area contributed by atoms with E-state index in [2.05, 4.69) is 10.2 Å². The van der Waals surface area contributed by atoms with Crippen LogP contribution in [0, 0.1) is 0 Å². The van der Waals surface area contributed by atoms with Crippen molar-refractivity contribution in [1.82, 2.24) is 14.5 Å². The second kappa shape index (κ2) is 5.42. The third kappa shape index (κ3) is 2.81. The van der Waals surface area contributed by atoms with Gasteiger partial charge in [0.25, 0.3) is 0 Å². The molecule has 1 aromatic rings. The third-order valence-corrected chi connectivity index (χ3v) is 4.28. The van der Waals surface area contributed by atoms with Crippen molar-refractivity contribution in [2.45, 2.75) is 31.2 Å². The number of nitrogens with two attached hydrogens (primary N) is 1. The second-order valence-corrected chi connectivity index (χ2v) is 5.68. The van der Waals surface area contributed by atoms with E-state index in [9.17, 15) is 8.42 Å². The Hall–Kier alpha value is -0.920. The summed E-state index contributed by atoms with van der Waals surface area (Å²) in [5, 5.41) is 6.16. The van der Waals surface area contributed by atoms with Gasteiger partial charge in [-0.3, -0.25) is 5.10 Å². The number of hydrogen-bond acceptors (Lipinski definition) is 4. The molecule has 16 heavy (non-hydrogen) atoms. The van der Waals surface area contributed by atoms with E-state index < -0.39 is 10.0 Å². The summed E-state index contributed by atoms with van der Waals surface area (Å²) in [7, 11) is -3.45. The molecule has 0 bridgehead atoms. The Balaban J connectivity index is 2.94. The van der Waals surface area contributed by atoms with Gasteiger partial charge in [-0.15, -0.1) is 0 Å². The molecule has 0 aromatic carbocycles. The molecule has 0 unspecified atom stereocenters. The Kier molecular flexibility index (Phi) is 4.45. The topological polar surface area (TPSA) is 92.1 Å². The minimum absolute atomic E-state index is 0.0913. The summed E-state index contributed by atoms with van der Waals surface area (Å²) in [6.45, 7) is 4.59. The summed E-state index contributed by atoms with van der Waals surface area (Å²) in [6, 6.07) is -0.0913. The average Bonchev–Trinajstić information content (AvgIpc) is 2.70. The molecule has 0 spiro atoms. The van der Waals surface area contributed by atoms with Gasteiger partial charge in [0.05, 0.1) is 6.20 Å². The van der Waals surface area contributed by atoms with Gasteiger partial charge >= 0.3 is 0 Å². The predicted octanol–water partition coefficient (Wildman–Crippen LogP) is 0.158. The molecule has 0 radical (unpaired) electrons. The van der Waals surface area contributed by atoms with E-state index in [1.165, 1.54) is 16.7 Å². The summed E-state index contributed by atoms with van der Waals surface area (Å²) in [6.07, 6.45) is 3.34. The Labute approximate surface area is 95.9 Å². The Bertz CT molecular complexity index is 399. The zero-order valence-electron chi connectivity index (χ0n) is 9.55. The van der Waals surface area contributed by atoms with Gasteiger partial charge in [-0.05, 0) is 26.8 Å². The first-order chi connectivity index (χ1) is 7.50. The van der Waals surface area contributed by atoms with E-state index in [1.54, 1.807) is 0 Å². The molecule has 7 heteroatoms. The third-order valence-electron chi connectivity index (χ3n) is 2.24. The normalized spacial score (nSPS) is 12.6. The second-order valence-electron chi connectivity index (χ2n) is 3.79. The molecular weight excluding hydrogens is 228 g/mol. The van der Waals surface area contributed by atoms with Crippen LogP contribution in [0.15, 0.2) is 17.3 Å². The van der Waals surface area contributed by atoms with E-state index in [4.69, 9.17) is 5.73 Å². The van der Waals surface area contributed by atoms with Gasteiger partial charge in [0.1, 0.15) is 4.90 Å². The minimum atomic E-state index is -3.45. The summed E-state index contributed by atoms with van der Waals surface area (Å²) < 4.78 is 25.8. The number of aromatic amines is 1. The molecule has 0 fully saturated rings. The first-order valence-electron chi connectivity index (χ1n) is 5.21. The van der Waals surface area contributed by atoms with Crippen molar-refractivity contribution in [3.8, 4) is 0 Å². The summed E-state index contributed by atoms with van der Waals surface area (Å²) in [4.78, 5) is 0.193. The molecule has 0 amide bonds. The highest BCUT2D eigenvalue weighted by molar-refractivity contribution is 7.89. The van der Waals surface area contributed by atoms with Crippen molar-refractivity contribution in [3.05, 3.63) is 12.4 Å². The van der Waals surface area contributed by atoms with E-state index in [1.807, 2.05) is 13.8 Å². The van der Waals surface area contributed by atoms with E-state index in [0.717, 1.165) is 0 Å². The number of H-pyrrole nitrogens is 1. The number of sulfonamides is 1. The molecule has 0 aliphatic heterocycles. The van der Waals surface area contributed by atoms with Crippen LogP contribution in [0.5, 0.6) is 0 Å². The Morgan fingerprint density at radius 1 is 1.56 bits per heavy atom. The van der Waals surface area contributed by atoms with Crippen LogP contribution in [0.25, 0.3) is 0 Å². The van der Waals surface area contributed by atoms with E-state index >= 15 is 0 Å². The lowest BCUT2D eigenvalue weighted by Crippen LogP contribution is -2.38. The summed E-state index contributed by atoms with van der Waals surface area (Å²) in [5.41, 5.74) is 5.40. The van der Waals surface area contributed by atoms with Gasteiger partial charge in [0, 0.05) is 18.8 Å². The highest BCUT2D eigenvalue weighted by atomic mass is 32.2. The molecule has 0 saturated heterocycles. The highest BCUT2D eigenvalue weighted by Crippen LogP contribution is 2.16. The van der Waals surface area contributed by atoms with Crippen molar-refractivity contribution in [2.24, 2.45) is 5.73 Å². The van der Waals surface area contributed by atoms with Crippen molar-refractivity contribution < 1.29 is 8.42 Å². The number of nitrogens with one attached hydrogen (secondary N) is 1. The molecule has 0 atom stereocenters. The van der Waals surface area contributed by atoms with Crippen LogP contribution in [0.1, 0.15) is 20.3 Å². The van der Waals surface area contributed by atoms with Crippen molar-refractivity contribution in [1.29, 1.82) is 0 Å². The summed E-state index contributed by atoms with van der Waals surface area (Å²) in [5.74, 6) is 0. The lowest BCUT2D eigenvalue weighted by Gasteiger charge is -2.24. The highest BCUT2D eigenvalue weighted by Gasteiger charge is 2.26. The maximum Gasteiger partial charge on any atom is 0.246 e. The fourth-order valence-electron chi connectivity index (χ4n) is 1.42. The maximum absolute atomic E-state index is 12.2. The standard InChI is InChI=1S/C9H18N4O2S/c1-8(2)13(5-3-4-10)16(14,15)9-6-11-12-7-9/h6-8H,3-5,10H2,1-2H3,(H,11,12). The zero-order chi connectivity index (χ0) is 12.2. The molecule has 3 N–H and O–H groups in total. The molecule has 92 valence electrons. The molecule has 0 saturated carbocycles. The van der Waals surface area contributed by atoms with Gasteiger partial charge in [0.15, 0.2) is 0 Å². The maximum atomic E-state index is 12.2. The lowest BCUT2D eigenvalue weighted by atomic mass is 10.3. The number of hydrogen-bond donors (Lipinski definition) is 2. The van der Waals surface area contributed by atoms with E-state index in [0.29, 0.717) is 19.5 Å². The molecule has 0 aliphatic rings. The minimum Gasteiger partial charge on any atom is -0.330 e. The van der Waals surface area contributed by atoms with Crippen LogP contribution < -0.4 is 5.73 Å². The number of rotatable bonds is 6.